The van der Waals surface area contributed by atoms with Gasteiger partial charge in [0.15, 0.2) is 0 Å². The summed E-state index contributed by atoms with van der Waals surface area (Å²) in [5, 5.41) is -0.391. The number of thioether (sulfide) groups is 1. The molecule has 1 aliphatic rings. The van der Waals surface area contributed by atoms with Crippen molar-refractivity contribution in [1.29, 1.82) is 0 Å². The number of carbonyl (C=O) groups excluding carboxylic acids is 3. The van der Waals surface area contributed by atoms with E-state index in [4.69, 9.17) is 4.42 Å². The fourth-order valence-corrected chi connectivity index (χ4v) is 4.77. The minimum Gasteiger partial charge on any atom is -0.463 e. The van der Waals surface area contributed by atoms with Gasteiger partial charge >= 0.3 is 5.97 Å². The number of furan rings is 1. The molecule has 2 aromatic heterocycles. The normalized spacial score (nSPS) is 15.1. The standard InChI is InChI=1S/C23H19BrN2O5S/c1-13-9-15(14(2)26(13)17-6-4-5-16(24)11-17)10-20-21(27)25(23(29)32-20)12-18-7-8-19(31-18)22(28)30-3/h4-11H,12H2,1-3H3/b20-10+. The van der Waals surface area contributed by atoms with E-state index < -0.39 is 17.1 Å². The maximum Gasteiger partial charge on any atom is 0.373 e. The van der Waals surface area contributed by atoms with Crippen molar-refractivity contribution in [2.45, 2.75) is 20.4 Å². The third kappa shape index (κ3) is 4.18. The Morgan fingerprint density at radius 2 is 1.97 bits per heavy atom. The molecule has 1 fully saturated rings. The van der Waals surface area contributed by atoms with E-state index in [1.165, 1.54) is 13.2 Å². The van der Waals surface area contributed by atoms with E-state index in [1.54, 1.807) is 12.1 Å². The highest BCUT2D eigenvalue weighted by molar-refractivity contribution is 9.10. The Hall–Kier alpha value is -3.04. The number of methoxy groups -OCH3 is 1. The molecule has 32 heavy (non-hydrogen) atoms. The van der Waals surface area contributed by atoms with Gasteiger partial charge in [-0.25, -0.2) is 4.79 Å². The Balaban J connectivity index is 1.59. The van der Waals surface area contributed by atoms with Crippen LogP contribution in [0, 0.1) is 13.8 Å². The van der Waals surface area contributed by atoms with Crippen molar-refractivity contribution in [3.63, 3.8) is 0 Å². The number of halogens is 1. The molecule has 1 aromatic carbocycles. The summed E-state index contributed by atoms with van der Waals surface area (Å²) in [6.07, 6.45) is 1.74. The van der Waals surface area contributed by atoms with Crippen LogP contribution in [0.15, 0.2) is 56.3 Å². The molecule has 1 saturated heterocycles. The second-order valence-corrected chi connectivity index (χ2v) is 9.08. The predicted molar refractivity (Wildman–Crippen MR) is 125 cm³/mol. The van der Waals surface area contributed by atoms with Gasteiger partial charge in [0, 0.05) is 21.5 Å². The SMILES string of the molecule is COC(=O)c1ccc(CN2C(=O)S/C(=C/c3cc(C)n(-c4cccc(Br)c4)c3C)C2=O)o1. The zero-order valence-corrected chi connectivity index (χ0v) is 20.0. The van der Waals surface area contributed by atoms with Crippen molar-refractivity contribution in [3.8, 4) is 5.69 Å². The molecule has 3 heterocycles. The fraction of sp³-hybridized carbons (Fsp3) is 0.174. The molecule has 0 radical (unpaired) electrons. The first-order valence-electron chi connectivity index (χ1n) is 9.65. The first-order valence-corrected chi connectivity index (χ1v) is 11.3. The highest BCUT2D eigenvalue weighted by Gasteiger charge is 2.36. The van der Waals surface area contributed by atoms with Crippen LogP contribution in [-0.2, 0) is 16.1 Å². The molecule has 0 aliphatic carbocycles. The summed E-state index contributed by atoms with van der Waals surface area (Å²) in [4.78, 5) is 38.4. The highest BCUT2D eigenvalue weighted by Crippen LogP contribution is 2.35. The number of nitrogens with zero attached hydrogens (tertiary/aromatic N) is 2. The third-order valence-electron chi connectivity index (χ3n) is 5.06. The van der Waals surface area contributed by atoms with Crippen molar-refractivity contribution < 1.29 is 23.5 Å². The Bertz CT molecular complexity index is 1270. The number of benzene rings is 1. The van der Waals surface area contributed by atoms with Crippen LogP contribution in [0.4, 0.5) is 4.79 Å². The average molecular weight is 515 g/mol. The van der Waals surface area contributed by atoms with E-state index in [2.05, 4.69) is 25.2 Å². The number of amides is 2. The molecule has 0 N–H and O–H groups in total. The van der Waals surface area contributed by atoms with Gasteiger partial charge in [-0.3, -0.25) is 14.5 Å². The quantitative estimate of drug-likeness (QED) is 0.331. The molecular formula is C23H19BrN2O5S. The molecule has 4 rings (SSSR count). The van der Waals surface area contributed by atoms with E-state index in [0.29, 0.717) is 10.7 Å². The van der Waals surface area contributed by atoms with Crippen LogP contribution in [0.2, 0.25) is 0 Å². The van der Waals surface area contributed by atoms with Crippen LogP contribution in [0.25, 0.3) is 11.8 Å². The lowest BCUT2D eigenvalue weighted by Gasteiger charge is -2.10. The number of carbonyl (C=O) groups is 3. The van der Waals surface area contributed by atoms with Crippen LogP contribution in [0.3, 0.4) is 0 Å². The molecule has 0 spiro atoms. The van der Waals surface area contributed by atoms with Crippen LogP contribution in [0.5, 0.6) is 0 Å². The van der Waals surface area contributed by atoms with E-state index in [0.717, 1.165) is 43.8 Å². The number of hydrogen-bond acceptors (Lipinski definition) is 6. The lowest BCUT2D eigenvalue weighted by atomic mass is 10.2. The highest BCUT2D eigenvalue weighted by atomic mass is 79.9. The summed E-state index contributed by atoms with van der Waals surface area (Å²) < 4.78 is 13.1. The van der Waals surface area contributed by atoms with Crippen molar-refractivity contribution >= 4 is 50.9 Å². The number of imide groups is 1. The topological polar surface area (TPSA) is 81.8 Å². The summed E-state index contributed by atoms with van der Waals surface area (Å²) in [5.74, 6) is -0.679. The summed E-state index contributed by atoms with van der Waals surface area (Å²) in [6.45, 7) is 3.91. The van der Waals surface area contributed by atoms with Crippen LogP contribution in [-0.4, -0.2) is 33.7 Å². The molecule has 3 aromatic rings. The lowest BCUT2D eigenvalue weighted by Crippen LogP contribution is -2.27. The van der Waals surface area contributed by atoms with E-state index in [-0.39, 0.29) is 12.3 Å². The van der Waals surface area contributed by atoms with Gasteiger partial charge in [-0.05, 0) is 73.6 Å². The zero-order chi connectivity index (χ0) is 23.0. The number of ether oxygens (including phenoxy) is 1. The van der Waals surface area contributed by atoms with Crippen LogP contribution < -0.4 is 0 Å². The Labute approximate surface area is 197 Å². The van der Waals surface area contributed by atoms with Gasteiger partial charge in [-0.1, -0.05) is 22.0 Å². The second-order valence-electron chi connectivity index (χ2n) is 7.17. The lowest BCUT2D eigenvalue weighted by molar-refractivity contribution is -0.123. The monoisotopic (exact) mass is 514 g/mol. The third-order valence-corrected chi connectivity index (χ3v) is 6.46. The first kappa shape index (κ1) is 22.2. The molecule has 1 aliphatic heterocycles. The molecule has 7 nitrogen and oxygen atoms in total. The number of hydrogen-bond donors (Lipinski definition) is 0. The predicted octanol–water partition coefficient (Wildman–Crippen LogP) is 5.47. The molecule has 0 unspecified atom stereocenters. The summed E-state index contributed by atoms with van der Waals surface area (Å²) in [6, 6.07) is 12.9. The zero-order valence-electron chi connectivity index (χ0n) is 17.5. The molecular weight excluding hydrogens is 496 g/mol. The molecule has 9 heteroatoms. The molecule has 0 bridgehead atoms. The van der Waals surface area contributed by atoms with E-state index in [9.17, 15) is 14.4 Å². The van der Waals surface area contributed by atoms with Crippen LogP contribution >= 0.6 is 27.7 Å². The van der Waals surface area contributed by atoms with Crippen molar-refractivity contribution in [2.24, 2.45) is 0 Å². The second kappa shape index (κ2) is 8.84. The minimum absolute atomic E-state index is 0.0185. The number of aromatic nitrogens is 1. The molecule has 2 amide bonds. The maximum absolute atomic E-state index is 12.9. The summed E-state index contributed by atoms with van der Waals surface area (Å²) >= 11 is 4.38. The number of rotatable bonds is 5. The average Bonchev–Trinajstić information content (AvgIpc) is 3.41. The smallest absolute Gasteiger partial charge is 0.373 e. The summed E-state index contributed by atoms with van der Waals surface area (Å²) in [7, 11) is 1.25. The maximum atomic E-state index is 12.9. The van der Waals surface area contributed by atoms with Gasteiger partial charge in [0.2, 0.25) is 5.76 Å². The van der Waals surface area contributed by atoms with Gasteiger partial charge < -0.3 is 13.7 Å². The molecule has 0 atom stereocenters. The Morgan fingerprint density at radius 1 is 1.19 bits per heavy atom. The van der Waals surface area contributed by atoms with Gasteiger partial charge in [-0.2, -0.15) is 0 Å². The number of esters is 1. The summed E-state index contributed by atoms with van der Waals surface area (Å²) in [5.41, 5.74) is 3.83. The Morgan fingerprint density at radius 3 is 2.69 bits per heavy atom. The fourth-order valence-electron chi connectivity index (χ4n) is 3.55. The Kier molecular flexibility index (Phi) is 6.12. The first-order chi connectivity index (χ1) is 15.3. The van der Waals surface area contributed by atoms with Gasteiger partial charge in [0.25, 0.3) is 11.1 Å². The molecule has 164 valence electrons. The number of aryl methyl sites for hydroxylation is 1. The van der Waals surface area contributed by atoms with Crippen molar-refractivity contribution in [1.82, 2.24) is 9.47 Å². The van der Waals surface area contributed by atoms with E-state index in [1.807, 2.05) is 44.2 Å². The van der Waals surface area contributed by atoms with Gasteiger partial charge in [-0.15, -0.1) is 0 Å². The van der Waals surface area contributed by atoms with Gasteiger partial charge in [0.1, 0.15) is 5.76 Å². The minimum atomic E-state index is -0.619. The van der Waals surface area contributed by atoms with Crippen LogP contribution in [0.1, 0.15) is 33.3 Å². The molecule has 0 saturated carbocycles. The van der Waals surface area contributed by atoms with Crippen molar-refractivity contribution in [3.05, 3.63) is 80.3 Å². The largest absolute Gasteiger partial charge is 0.463 e. The van der Waals surface area contributed by atoms with Gasteiger partial charge in [0.05, 0.1) is 18.6 Å². The van der Waals surface area contributed by atoms with Crippen molar-refractivity contribution in [2.75, 3.05) is 7.11 Å². The van der Waals surface area contributed by atoms with E-state index >= 15 is 0 Å².